The van der Waals surface area contributed by atoms with Crippen molar-refractivity contribution in [2.45, 2.75) is 0 Å². The lowest BCUT2D eigenvalue weighted by Crippen LogP contribution is -2.23. The van der Waals surface area contributed by atoms with Gasteiger partial charge in [-0.25, -0.2) is 4.98 Å². The number of nitrogens with zero attached hydrogens (tertiary/aromatic N) is 3. The summed E-state index contributed by atoms with van der Waals surface area (Å²) in [5.74, 6) is 0.944. The standard InChI is InChI=1S/C25H19N3O3/c1-27-22-10-6-4-7-18(22)20(24(27)29)15-23-26-21-9-5-3-8-19(21)25(30)28(23)16-11-13-17(31-2)14-12-16/h3-15H,1-2H3/b20-15-. The largest absolute Gasteiger partial charge is 0.497 e. The van der Waals surface area contributed by atoms with Crippen molar-refractivity contribution < 1.29 is 9.53 Å². The Balaban J connectivity index is 1.80. The van der Waals surface area contributed by atoms with Crippen LogP contribution in [0.5, 0.6) is 5.75 Å². The number of carbonyl (C=O) groups excluding carboxylic acids is 1. The number of amides is 1. The van der Waals surface area contributed by atoms with Gasteiger partial charge in [-0.05, 0) is 48.5 Å². The summed E-state index contributed by atoms with van der Waals surface area (Å²) in [4.78, 5) is 32.8. The highest BCUT2D eigenvalue weighted by atomic mass is 16.5. The second-order valence-electron chi connectivity index (χ2n) is 7.27. The molecule has 5 rings (SSSR count). The van der Waals surface area contributed by atoms with Crippen LogP contribution in [0.15, 0.2) is 77.6 Å². The zero-order valence-corrected chi connectivity index (χ0v) is 17.1. The number of ether oxygens (including phenoxy) is 1. The Morgan fingerprint density at radius 2 is 1.61 bits per heavy atom. The quantitative estimate of drug-likeness (QED) is 0.481. The van der Waals surface area contributed by atoms with Gasteiger partial charge in [0.25, 0.3) is 11.5 Å². The van der Waals surface area contributed by atoms with Gasteiger partial charge in [-0.1, -0.05) is 30.3 Å². The second-order valence-corrected chi connectivity index (χ2v) is 7.27. The molecule has 1 amide bonds. The minimum absolute atomic E-state index is 0.134. The van der Waals surface area contributed by atoms with Gasteiger partial charge in [0.15, 0.2) is 0 Å². The maximum absolute atomic E-state index is 13.4. The molecule has 0 saturated carbocycles. The van der Waals surface area contributed by atoms with E-state index >= 15 is 0 Å². The van der Waals surface area contributed by atoms with Crippen molar-refractivity contribution in [1.82, 2.24) is 9.55 Å². The minimum Gasteiger partial charge on any atom is -0.497 e. The van der Waals surface area contributed by atoms with E-state index < -0.39 is 0 Å². The lowest BCUT2D eigenvalue weighted by Gasteiger charge is -2.13. The Labute approximate surface area is 178 Å². The predicted octanol–water partition coefficient (Wildman–Crippen LogP) is 3.91. The van der Waals surface area contributed by atoms with Crippen LogP contribution in [0.4, 0.5) is 5.69 Å². The van der Waals surface area contributed by atoms with Crippen molar-refractivity contribution in [1.29, 1.82) is 0 Å². The molecule has 0 unspecified atom stereocenters. The molecule has 3 aromatic carbocycles. The van der Waals surface area contributed by atoms with E-state index in [2.05, 4.69) is 0 Å². The second kappa shape index (κ2) is 7.25. The molecule has 0 spiro atoms. The lowest BCUT2D eigenvalue weighted by molar-refractivity contribution is -0.112. The van der Waals surface area contributed by atoms with Gasteiger partial charge in [0, 0.05) is 12.6 Å². The fourth-order valence-electron chi connectivity index (χ4n) is 3.90. The minimum atomic E-state index is -0.199. The van der Waals surface area contributed by atoms with Crippen LogP contribution >= 0.6 is 0 Å². The van der Waals surface area contributed by atoms with Crippen molar-refractivity contribution in [3.05, 3.63) is 94.5 Å². The first kappa shape index (κ1) is 18.8. The number of benzene rings is 3. The van der Waals surface area contributed by atoms with E-state index in [1.54, 1.807) is 61.5 Å². The summed E-state index contributed by atoms with van der Waals surface area (Å²) >= 11 is 0. The molecule has 0 aliphatic carbocycles. The topological polar surface area (TPSA) is 64.4 Å². The van der Waals surface area contributed by atoms with Crippen LogP contribution in [0.2, 0.25) is 0 Å². The predicted molar refractivity (Wildman–Crippen MR) is 122 cm³/mol. The zero-order valence-electron chi connectivity index (χ0n) is 17.1. The van der Waals surface area contributed by atoms with Crippen LogP contribution in [-0.2, 0) is 4.79 Å². The number of anilines is 1. The average Bonchev–Trinajstić information content (AvgIpc) is 3.04. The Bertz CT molecular complexity index is 1420. The summed E-state index contributed by atoms with van der Waals surface area (Å²) in [5.41, 5.74) is 3.17. The molecule has 0 atom stereocenters. The van der Waals surface area contributed by atoms with Crippen molar-refractivity contribution in [2.24, 2.45) is 0 Å². The number of aromatic nitrogens is 2. The van der Waals surface area contributed by atoms with Gasteiger partial charge in [-0.15, -0.1) is 0 Å². The first-order valence-electron chi connectivity index (χ1n) is 9.84. The van der Waals surface area contributed by atoms with Crippen LogP contribution in [0.1, 0.15) is 11.4 Å². The first-order chi connectivity index (χ1) is 15.1. The summed E-state index contributed by atoms with van der Waals surface area (Å²) in [6.45, 7) is 0. The number of fused-ring (bicyclic) bond motifs is 2. The third-order valence-electron chi connectivity index (χ3n) is 5.50. The third-order valence-corrected chi connectivity index (χ3v) is 5.50. The lowest BCUT2D eigenvalue weighted by atomic mass is 10.1. The van der Waals surface area contributed by atoms with E-state index in [1.165, 1.54) is 4.57 Å². The van der Waals surface area contributed by atoms with Crippen LogP contribution in [0, 0.1) is 0 Å². The normalized spacial score (nSPS) is 14.3. The van der Waals surface area contributed by atoms with Crippen LogP contribution in [0.25, 0.3) is 28.2 Å². The van der Waals surface area contributed by atoms with Crippen molar-refractivity contribution in [3.63, 3.8) is 0 Å². The van der Waals surface area contributed by atoms with Crippen molar-refractivity contribution in [2.75, 3.05) is 19.1 Å². The Kier molecular flexibility index (Phi) is 4.40. The highest BCUT2D eigenvalue weighted by Crippen LogP contribution is 2.36. The molecule has 31 heavy (non-hydrogen) atoms. The maximum atomic E-state index is 13.4. The van der Waals surface area contributed by atoms with E-state index in [0.717, 1.165) is 11.3 Å². The van der Waals surface area contributed by atoms with Gasteiger partial charge < -0.3 is 9.64 Å². The van der Waals surface area contributed by atoms with Crippen LogP contribution in [-0.4, -0.2) is 29.6 Å². The maximum Gasteiger partial charge on any atom is 0.266 e. The summed E-state index contributed by atoms with van der Waals surface area (Å²) in [6.07, 6.45) is 1.70. The smallest absolute Gasteiger partial charge is 0.266 e. The molecule has 1 aliphatic rings. The van der Waals surface area contributed by atoms with Gasteiger partial charge in [0.2, 0.25) is 0 Å². The molecule has 0 radical (unpaired) electrons. The summed E-state index contributed by atoms with van der Waals surface area (Å²) in [7, 11) is 3.33. The van der Waals surface area contributed by atoms with Crippen molar-refractivity contribution >= 4 is 34.1 Å². The van der Waals surface area contributed by atoms with Crippen molar-refractivity contribution in [3.8, 4) is 11.4 Å². The third kappa shape index (κ3) is 3.00. The number of likely N-dealkylation sites (N-methyl/N-ethyl adjacent to an activating group) is 1. The summed E-state index contributed by atoms with van der Waals surface area (Å²) in [6, 6.07) is 22.0. The monoisotopic (exact) mass is 409 g/mol. The fourth-order valence-corrected chi connectivity index (χ4v) is 3.90. The SMILES string of the molecule is COc1ccc(-n2c(/C=C3\C(=O)N(C)c4ccccc43)nc3ccccc3c2=O)cc1. The molecule has 0 N–H and O–H groups in total. The first-order valence-corrected chi connectivity index (χ1v) is 9.84. The molecule has 4 aromatic rings. The number of rotatable bonds is 3. The Hall–Kier alpha value is -4.19. The molecule has 1 aliphatic heterocycles. The molecule has 0 saturated heterocycles. The van der Waals surface area contributed by atoms with Crippen LogP contribution in [0.3, 0.4) is 0 Å². The Morgan fingerprint density at radius 3 is 2.39 bits per heavy atom. The number of hydrogen-bond acceptors (Lipinski definition) is 4. The van der Waals surface area contributed by atoms with E-state index in [1.807, 2.05) is 36.4 Å². The highest BCUT2D eigenvalue weighted by Gasteiger charge is 2.29. The van der Waals surface area contributed by atoms with E-state index in [4.69, 9.17) is 9.72 Å². The number of carbonyl (C=O) groups is 1. The van der Waals surface area contributed by atoms with E-state index in [9.17, 15) is 9.59 Å². The van der Waals surface area contributed by atoms with Crippen LogP contribution < -0.4 is 15.2 Å². The van der Waals surface area contributed by atoms with E-state index in [-0.39, 0.29) is 11.5 Å². The molecule has 0 fully saturated rings. The molecule has 0 bridgehead atoms. The molecule has 1 aromatic heterocycles. The Morgan fingerprint density at radius 1 is 0.903 bits per heavy atom. The molecule has 2 heterocycles. The van der Waals surface area contributed by atoms with E-state index in [0.29, 0.717) is 33.7 Å². The zero-order chi connectivity index (χ0) is 21.5. The van der Waals surface area contributed by atoms with Gasteiger partial charge in [-0.2, -0.15) is 0 Å². The molecule has 6 heteroatoms. The number of para-hydroxylation sites is 2. The summed E-state index contributed by atoms with van der Waals surface area (Å²) < 4.78 is 6.77. The van der Waals surface area contributed by atoms with Gasteiger partial charge in [0.05, 0.1) is 35.0 Å². The fraction of sp³-hybridized carbons (Fsp3) is 0.0800. The molecule has 6 nitrogen and oxygen atoms in total. The van der Waals surface area contributed by atoms with Gasteiger partial charge >= 0.3 is 0 Å². The molecular weight excluding hydrogens is 390 g/mol. The number of hydrogen-bond donors (Lipinski definition) is 0. The molecule has 152 valence electrons. The van der Waals surface area contributed by atoms with Gasteiger partial charge in [0.1, 0.15) is 11.6 Å². The molecular formula is C25H19N3O3. The summed E-state index contributed by atoms with van der Waals surface area (Å²) in [5, 5.41) is 0.510. The average molecular weight is 409 g/mol. The van der Waals surface area contributed by atoms with Gasteiger partial charge in [-0.3, -0.25) is 14.2 Å². The number of methoxy groups -OCH3 is 1. The highest BCUT2D eigenvalue weighted by molar-refractivity contribution is 6.35.